The summed E-state index contributed by atoms with van der Waals surface area (Å²) in [7, 11) is 1.63. The van der Waals surface area contributed by atoms with Crippen LogP contribution in [0, 0.1) is 5.92 Å². The highest BCUT2D eigenvalue weighted by Crippen LogP contribution is 2.34. The molecule has 4 rings (SSSR count). The van der Waals surface area contributed by atoms with Crippen molar-refractivity contribution in [2.24, 2.45) is 5.92 Å². The van der Waals surface area contributed by atoms with Crippen molar-refractivity contribution < 1.29 is 9.53 Å². The Morgan fingerprint density at radius 1 is 1.37 bits per heavy atom. The van der Waals surface area contributed by atoms with E-state index >= 15 is 0 Å². The lowest BCUT2D eigenvalue weighted by Gasteiger charge is -2.13. The number of hydrogen-bond donors (Lipinski definition) is 1. The molecule has 0 aliphatic heterocycles. The molecular weight excluding hydrogens is 382 g/mol. The average Bonchev–Trinajstić information content (AvgIpc) is 3.42. The standard InChI is InChI=1S/C19H25N3O3S2/c1-25-9-8-22-18(24)16-13-4-2-3-5-14(13)27-17(16)21-19(22)26-11-15(23)20-10-12-6-7-12/h12H,2-11H2,1H3,(H,20,23). The zero-order valence-electron chi connectivity index (χ0n) is 15.6. The topological polar surface area (TPSA) is 73.2 Å². The van der Waals surface area contributed by atoms with E-state index in [9.17, 15) is 9.59 Å². The summed E-state index contributed by atoms with van der Waals surface area (Å²) in [5.74, 6) is 0.943. The molecule has 1 fully saturated rings. The molecule has 2 aromatic rings. The molecule has 2 aliphatic rings. The van der Waals surface area contributed by atoms with E-state index in [0.717, 1.165) is 36.0 Å². The third-order valence-corrected chi connectivity index (χ3v) is 7.34. The van der Waals surface area contributed by atoms with E-state index in [2.05, 4.69) is 5.32 Å². The highest BCUT2D eigenvalue weighted by atomic mass is 32.2. The molecule has 146 valence electrons. The molecule has 1 N–H and O–H groups in total. The van der Waals surface area contributed by atoms with E-state index < -0.39 is 0 Å². The van der Waals surface area contributed by atoms with Crippen LogP contribution in [0.15, 0.2) is 9.95 Å². The largest absolute Gasteiger partial charge is 0.383 e. The number of aromatic nitrogens is 2. The first-order valence-electron chi connectivity index (χ1n) is 9.61. The fourth-order valence-corrected chi connectivity index (χ4v) is 5.63. The van der Waals surface area contributed by atoms with Gasteiger partial charge in [-0.2, -0.15) is 0 Å². The smallest absolute Gasteiger partial charge is 0.263 e. The Bertz CT molecular complexity index is 902. The van der Waals surface area contributed by atoms with Gasteiger partial charge in [-0.15, -0.1) is 11.3 Å². The maximum absolute atomic E-state index is 13.2. The van der Waals surface area contributed by atoms with Gasteiger partial charge in [0, 0.05) is 18.5 Å². The number of methoxy groups -OCH3 is 1. The molecule has 27 heavy (non-hydrogen) atoms. The van der Waals surface area contributed by atoms with E-state index in [4.69, 9.17) is 9.72 Å². The van der Waals surface area contributed by atoms with Crippen molar-refractivity contribution in [1.82, 2.24) is 14.9 Å². The third kappa shape index (κ3) is 4.22. The van der Waals surface area contributed by atoms with E-state index in [1.54, 1.807) is 23.0 Å². The predicted octanol–water partition coefficient (Wildman–Crippen LogP) is 2.60. The highest BCUT2D eigenvalue weighted by molar-refractivity contribution is 7.99. The number of ether oxygens (including phenoxy) is 1. The first-order chi connectivity index (χ1) is 13.2. The average molecular weight is 408 g/mol. The van der Waals surface area contributed by atoms with Crippen molar-refractivity contribution in [2.45, 2.75) is 50.2 Å². The summed E-state index contributed by atoms with van der Waals surface area (Å²) < 4.78 is 6.87. The van der Waals surface area contributed by atoms with Crippen molar-refractivity contribution in [3.05, 3.63) is 20.8 Å². The molecule has 8 heteroatoms. The first kappa shape index (κ1) is 19.0. The maximum Gasteiger partial charge on any atom is 0.263 e. The SMILES string of the molecule is COCCn1c(SCC(=O)NCC2CC2)nc2sc3c(c2c1=O)CCCC3. The molecule has 0 atom stereocenters. The second-order valence-electron chi connectivity index (χ2n) is 7.27. The van der Waals surface area contributed by atoms with E-state index in [1.807, 2.05) is 0 Å². The van der Waals surface area contributed by atoms with Crippen LogP contribution in [-0.2, 0) is 28.9 Å². The molecular formula is C19H25N3O3S2. The summed E-state index contributed by atoms with van der Waals surface area (Å²) in [6.07, 6.45) is 6.75. The Labute approximate surface area is 166 Å². The van der Waals surface area contributed by atoms with E-state index in [-0.39, 0.29) is 17.2 Å². The van der Waals surface area contributed by atoms with Crippen LogP contribution in [0.5, 0.6) is 0 Å². The summed E-state index contributed by atoms with van der Waals surface area (Å²) in [5, 5.41) is 4.37. The molecule has 0 radical (unpaired) electrons. The fourth-order valence-electron chi connectivity index (χ4n) is 3.47. The number of fused-ring (bicyclic) bond motifs is 3. The number of carbonyl (C=O) groups is 1. The summed E-state index contributed by atoms with van der Waals surface area (Å²) in [6, 6.07) is 0. The van der Waals surface area contributed by atoms with Gasteiger partial charge in [-0.3, -0.25) is 14.2 Å². The van der Waals surface area contributed by atoms with Crippen LogP contribution >= 0.6 is 23.1 Å². The van der Waals surface area contributed by atoms with Crippen LogP contribution in [-0.4, -0.2) is 41.5 Å². The minimum absolute atomic E-state index is 0.00464. The van der Waals surface area contributed by atoms with Crippen LogP contribution < -0.4 is 10.9 Å². The molecule has 0 bridgehead atoms. The fraction of sp³-hybridized carbons (Fsp3) is 0.632. The predicted molar refractivity (Wildman–Crippen MR) is 109 cm³/mol. The zero-order chi connectivity index (χ0) is 18.8. The van der Waals surface area contributed by atoms with Crippen LogP contribution in [0.1, 0.15) is 36.1 Å². The van der Waals surface area contributed by atoms with Gasteiger partial charge in [0.25, 0.3) is 5.56 Å². The van der Waals surface area contributed by atoms with Crippen LogP contribution in [0.3, 0.4) is 0 Å². The number of hydrogen-bond acceptors (Lipinski definition) is 6. The second-order valence-corrected chi connectivity index (χ2v) is 9.30. The minimum atomic E-state index is 0.00464. The van der Waals surface area contributed by atoms with Crippen molar-refractivity contribution in [1.29, 1.82) is 0 Å². The molecule has 1 saturated carbocycles. The second kappa shape index (κ2) is 8.32. The number of nitrogens with zero attached hydrogens (tertiary/aromatic N) is 2. The Morgan fingerprint density at radius 3 is 2.96 bits per heavy atom. The van der Waals surface area contributed by atoms with Gasteiger partial charge in [0.15, 0.2) is 5.16 Å². The Balaban J connectivity index is 1.61. The highest BCUT2D eigenvalue weighted by Gasteiger charge is 2.23. The lowest BCUT2D eigenvalue weighted by Crippen LogP contribution is -2.29. The number of nitrogens with one attached hydrogen (secondary N) is 1. The van der Waals surface area contributed by atoms with Gasteiger partial charge in [0.05, 0.1) is 24.3 Å². The van der Waals surface area contributed by atoms with Crippen LogP contribution in [0.4, 0.5) is 0 Å². The summed E-state index contributed by atoms with van der Waals surface area (Å²) >= 11 is 2.99. The minimum Gasteiger partial charge on any atom is -0.383 e. The van der Waals surface area contributed by atoms with Gasteiger partial charge in [-0.1, -0.05) is 11.8 Å². The van der Waals surface area contributed by atoms with Crippen molar-refractivity contribution in [3.8, 4) is 0 Å². The van der Waals surface area contributed by atoms with Gasteiger partial charge in [-0.05, 0) is 50.0 Å². The Hall–Kier alpha value is -1.38. The van der Waals surface area contributed by atoms with Gasteiger partial charge >= 0.3 is 0 Å². The number of carbonyl (C=O) groups excluding carboxylic acids is 1. The van der Waals surface area contributed by atoms with Gasteiger partial charge in [-0.25, -0.2) is 4.98 Å². The lowest BCUT2D eigenvalue weighted by atomic mass is 9.97. The monoisotopic (exact) mass is 407 g/mol. The van der Waals surface area contributed by atoms with Crippen LogP contribution in [0.25, 0.3) is 10.2 Å². The zero-order valence-corrected chi connectivity index (χ0v) is 17.2. The molecule has 0 unspecified atom stereocenters. The summed E-state index contributed by atoms with van der Waals surface area (Å²) in [4.78, 5) is 32.2. The van der Waals surface area contributed by atoms with Crippen molar-refractivity contribution in [3.63, 3.8) is 0 Å². The normalized spacial score (nSPS) is 16.5. The number of aryl methyl sites for hydroxylation is 2. The molecule has 2 heterocycles. The van der Waals surface area contributed by atoms with Gasteiger partial charge in [0.1, 0.15) is 4.83 Å². The Kier molecular flexibility index (Phi) is 5.85. The van der Waals surface area contributed by atoms with E-state index in [0.29, 0.717) is 24.2 Å². The van der Waals surface area contributed by atoms with Crippen molar-refractivity contribution >= 4 is 39.2 Å². The van der Waals surface area contributed by atoms with Crippen LogP contribution in [0.2, 0.25) is 0 Å². The molecule has 1 amide bonds. The number of rotatable bonds is 8. The number of thiophene rings is 1. The van der Waals surface area contributed by atoms with Gasteiger partial charge < -0.3 is 10.1 Å². The molecule has 2 aliphatic carbocycles. The molecule has 0 spiro atoms. The molecule has 2 aromatic heterocycles. The number of amides is 1. The quantitative estimate of drug-likeness (QED) is 0.538. The number of thioether (sulfide) groups is 1. The van der Waals surface area contributed by atoms with Crippen molar-refractivity contribution in [2.75, 3.05) is 26.0 Å². The maximum atomic E-state index is 13.2. The first-order valence-corrected chi connectivity index (χ1v) is 11.4. The lowest BCUT2D eigenvalue weighted by molar-refractivity contribution is -0.118. The Morgan fingerprint density at radius 2 is 2.19 bits per heavy atom. The third-order valence-electron chi connectivity index (χ3n) is 5.18. The van der Waals surface area contributed by atoms with Gasteiger partial charge in [0.2, 0.25) is 5.91 Å². The summed E-state index contributed by atoms with van der Waals surface area (Å²) in [6.45, 7) is 1.66. The molecule has 0 saturated heterocycles. The summed E-state index contributed by atoms with van der Waals surface area (Å²) in [5.41, 5.74) is 1.21. The molecule has 0 aromatic carbocycles. The molecule has 6 nitrogen and oxygen atoms in total. The van der Waals surface area contributed by atoms with E-state index in [1.165, 1.54) is 41.5 Å².